The number of rotatable bonds is 3. The summed E-state index contributed by atoms with van der Waals surface area (Å²) >= 11 is 5.98. The van der Waals surface area contributed by atoms with Crippen LogP contribution in [0.3, 0.4) is 0 Å². The molecule has 15 heavy (non-hydrogen) atoms. The Balaban J connectivity index is 2.55. The highest BCUT2D eigenvalue weighted by molar-refractivity contribution is 6.31. The topological polar surface area (TPSA) is 38.3 Å². The Morgan fingerprint density at radius 3 is 2.80 bits per heavy atom. The number of hydrogen-bond donors (Lipinski definition) is 1. The minimum absolute atomic E-state index is 0.190. The zero-order valence-electron chi connectivity index (χ0n) is 8.79. The van der Waals surface area contributed by atoms with Crippen LogP contribution in [0.5, 0.6) is 0 Å². The lowest BCUT2D eigenvalue weighted by molar-refractivity contribution is 0.109. The fourth-order valence-electron chi connectivity index (χ4n) is 1.26. The fraction of sp³-hybridized carbons (Fsp3) is 0.364. The van der Waals surface area contributed by atoms with E-state index >= 15 is 0 Å². The molecule has 0 aliphatic carbocycles. The fourth-order valence-corrected chi connectivity index (χ4v) is 1.47. The summed E-state index contributed by atoms with van der Waals surface area (Å²) in [5.41, 5.74) is 0.982. The highest BCUT2D eigenvalue weighted by Crippen LogP contribution is 2.17. The lowest BCUT2D eigenvalue weighted by atomic mass is 10.1. The molecule has 0 heterocycles. The molecule has 1 rings (SSSR count). The van der Waals surface area contributed by atoms with Crippen LogP contribution in [0.15, 0.2) is 24.3 Å². The van der Waals surface area contributed by atoms with Crippen molar-refractivity contribution in [3.63, 3.8) is 0 Å². The highest BCUT2D eigenvalue weighted by Gasteiger charge is 2.10. The van der Waals surface area contributed by atoms with Gasteiger partial charge in [-0.15, -0.1) is 0 Å². The van der Waals surface area contributed by atoms with Crippen LogP contribution in [-0.4, -0.2) is 19.2 Å². The van der Waals surface area contributed by atoms with Crippen LogP contribution in [0, 0.1) is 0 Å². The molecule has 82 valence electrons. The van der Waals surface area contributed by atoms with Gasteiger partial charge in [0.25, 0.3) is 0 Å². The van der Waals surface area contributed by atoms with E-state index in [0.29, 0.717) is 11.4 Å². The summed E-state index contributed by atoms with van der Waals surface area (Å²) < 4.78 is 5.05. The van der Waals surface area contributed by atoms with Crippen LogP contribution in [0.1, 0.15) is 12.5 Å². The average molecular weight is 228 g/mol. The lowest BCUT2D eigenvalue weighted by Crippen LogP contribution is -2.25. The molecule has 0 fully saturated rings. The van der Waals surface area contributed by atoms with Crippen molar-refractivity contribution in [3.05, 3.63) is 34.9 Å². The van der Waals surface area contributed by atoms with Crippen LogP contribution in [-0.2, 0) is 11.2 Å². The molecular formula is C11H14ClNO2. The number of carbonyl (C=O) groups excluding carboxylic acids is 1. The van der Waals surface area contributed by atoms with E-state index in [9.17, 15) is 4.79 Å². The first-order valence-corrected chi connectivity index (χ1v) is 5.13. The molecule has 0 aromatic heterocycles. The predicted octanol–water partition coefficient (Wildman–Crippen LogP) is 2.63. The number of ether oxygens (including phenoxy) is 1. The summed E-state index contributed by atoms with van der Waals surface area (Å²) in [5.74, 6) is 0. The van der Waals surface area contributed by atoms with Gasteiger partial charge in [-0.1, -0.05) is 29.8 Å². The van der Waals surface area contributed by atoms with Gasteiger partial charge in [-0.3, -0.25) is 0 Å². The maximum absolute atomic E-state index is 10.9. The van der Waals surface area contributed by atoms with Gasteiger partial charge in [0.15, 0.2) is 0 Å². The van der Waals surface area contributed by atoms with E-state index < -0.39 is 6.09 Å². The molecule has 0 spiro atoms. The van der Waals surface area contributed by atoms with Gasteiger partial charge in [-0.25, -0.2) is 4.79 Å². The van der Waals surface area contributed by atoms with E-state index in [-0.39, 0.29) is 6.10 Å². The summed E-state index contributed by atoms with van der Waals surface area (Å²) in [6.45, 7) is 1.83. The second-order valence-corrected chi connectivity index (χ2v) is 3.67. The normalized spacial score (nSPS) is 11.9. The number of carbonyl (C=O) groups is 1. The Labute approximate surface area is 94.4 Å². The summed E-state index contributed by atoms with van der Waals surface area (Å²) in [4.78, 5) is 10.9. The van der Waals surface area contributed by atoms with Gasteiger partial charge >= 0.3 is 6.09 Å². The first-order valence-electron chi connectivity index (χ1n) is 4.75. The third kappa shape index (κ3) is 3.80. The van der Waals surface area contributed by atoms with Crippen molar-refractivity contribution in [1.29, 1.82) is 0 Å². The molecule has 1 N–H and O–H groups in total. The number of amides is 1. The molecule has 1 aromatic rings. The smallest absolute Gasteiger partial charge is 0.407 e. The van der Waals surface area contributed by atoms with Gasteiger partial charge in [0.2, 0.25) is 0 Å². The molecule has 1 atom stereocenters. The van der Waals surface area contributed by atoms with Crippen LogP contribution in [0.25, 0.3) is 0 Å². The molecule has 0 saturated heterocycles. The molecule has 0 radical (unpaired) electrons. The monoisotopic (exact) mass is 227 g/mol. The highest BCUT2D eigenvalue weighted by atomic mass is 35.5. The molecule has 0 saturated carbocycles. The number of benzene rings is 1. The van der Waals surface area contributed by atoms with Gasteiger partial charge in [0.1, 0.15) is 6.10 Å². The van der Waals surface area contributed by atoms with Crippen LogP contribution < -0.4 is 5.32 Å². The molecule has 1 unspecified atom stereocenters. The number of alkyl carbamates (subject to hydrolysis) is 1. The number of hydrogen-bond acceptors (Lipinski definition) is 2. The first kappa shape index (κ1) is 11.9. The van der Waals surface area contributed by atoms with Gasteiger partial charge in [0, 0.05) is 18.5 Å². The quantitative estimate of drug-likeness (QED) is 0.862. The summed E-state index contributed by atoms with van der Waals surface area (Å²) in [7, 11) is 1.53. The van der Waals surface area contributed by atoms with E-state index in [1.165, 1.54) is 7.05 Å². The Morgan fingerprint density at radius 2 is 2.20 bits per heavy atom. The van der Waals surface area contributed by atoms with E-state index in [4.69, 9.17) is 16.3 Å². The second kappa shape index (κ2) is 5.61. The minimum Gasteiger partial charge on any atom is -0.446 e. The van der Waals surface area contributed by atoms with E-state index in [1.54, 1.807) is 0 Å². The zero-order valence-corrected chi connectivity index (χ0v) is 9.54. The standard InChI is InChI=1S/C11H14ClNO2/c1-8(15-11(14)13-2)7-9-5-3-4-6-10(9)12/h3-6,8H,7H2,1-2H3,(H,13,14). The average Bonchev–Trinajstić information content (AvgIpc) is 2.21. The largest absolute Gasteiger partial charge is 0.446 e. The number of nitrogens with one attached hydrogen (secondary N) is 1. The number of halogens is 1. The second-order valence-electron chi connectivity index (χ2n) is 3.26. The van der Waals surface area contributed by atoms with Crippen LogP contribution in [0.4, 0.5) is 4.79 Å². The molecule has 4 heteroatoms. The van der Waals surface area contributed by atoms with Crippen molar-refractivity contribution < 1.29 is 9.53 Å². The maximum Gasteiger partial charge on any atom is 0.407 e. The van der Waals surface area contributed by atoms with E-state index in [0.717, 1.165) is 5.56 Å². The molecule has 1 amide bonds. The van der Waals surface area contributed by atoms with E-state index in [1.807, 2.05) is 31.2 Å². The molecule has 0 aliphatic rings. The van der Waals surface area contributed by atoms with Crippen molar-refractivity contribution >= 4 is 17.7 Å². The molecule has 3 nitrogen and oxygen atoms in total. The molecular weight excluding hydrogens is 214 g/mol. The third-order valence-corrected chi connectivity index (χ3v) is 2.35. The Hall–Kier alpha value is -1.22. The summed E-state index contributed by atoms with van der Waals surface area (Å²) in [6.07, 6.45) is 0.00648. The summed E-state index contributed by atoms with van der Waals surface area (Å²) in [6, 6.07) is 7.53. The van der Waals surface area contributed by atoms with Crippen molar-refractivity contribution in [3.8, 4) is 0 Å². The Morgan fingerprint density at radius 1 is 1.53 bits per heavy atom. The van der Waals surface area contributed by atoms with Crippen LogP contribution >= 0.6 is 11.6 Å². The van der Waals surface area contributed by atoms with Crippen LogP contribution in [0.2, 0.25) is 5.02 Å². The van der Waals surface area contributed by atoms with Gasteiger partial charge in [-0.2, -0.15) is 0 Å². The van der Waals surface area contributed by atoms with Crippen molar-refractivity contribution in [1.82, 2.24) is 5.32 Å². The molecule has 0 bridgehead atoms. The van der Waals surface area contributed by atoms with E-state index in [2.05, 4.69) is 5.32 Å². The minimum atomic E-state index is -0.422. The van der Waals surface area contributed by atoms with Crippen molar-refractivity contribution in [2.24, 2.45) is 0 Å². The zero-order chi connectivity index (χ0) is 11.3. The molecule has 1 aromatic carbocycles. The lowest BCUT2D eigenvalue weighted by Gasteiger charge is -2.13. The first-order chi connectivity index (χ1) is 7.13. The predicted molar refractivity (Wildman–Crippen MR) is 60.2 cm³/mol. The Kier molecular flexibility index (Phi) is 4.43. The molecule has 0 aliphatic heterocycles. The van der Waals surface area contributed by atoms with Gasteiger partial charge in [-0.05, 0) is 18.6 Å². The Bertz CT molecular complexity index is 341. The SMILES string of the molecule is CNC(=O)OC(C)Cc1ccccc1Cl. The third-order valence-electron chi connectivity index (χ3n) is 1.98. The maximum atomic E-state index is 10.9. The summed E-state index contributed by atoms with van der Waals surface area (Å²) in [5, 5.41) is 3.10. The van der Waals surface area contributed by atoms with Gasteiger partial charge < -0.3 is 10.1 Å². The van der Waals surface area contributed by atoms with Crippen molar-refractivity contribution in [2.45, 2.75) is 19.4 Å². The van der Waals surface area contributed by atoms with Gasteiger partial charge in [0.05, 0.1) is 0 Å². The van der Waals surface area contributed by atoms with Crippen molar-refractivity contribution in [2.75, 3.05) is 7.05 Å².